The largest absolute Gasteiger partial charge is 0.455 e. The third-order valence-electron chi connectivity index (χ3n) is 6.08. The fourth-order valence-electron chi connectivity index (χ4n) is 4.62. The third kappa shape index (κ3) is 2.69. The summed E-state index contributed by atoms with van der Waals surface area (Å²) in [5.74, 6) is 1.63. The molecule has 1 aliphatic heterocycles. The van der Waals surface area contributed by atoms with Crippen molar-refractivity contribution in [3.05, 3.63) is 124 Å². The molecular formula is C27H17NO3. The van der Waals surface area contributed by atoms with E-state index in [2.05, 4.69) is 48.5 Å². The molecule has 4 nitrogen and oxygen atoms in total. The van der Waals surface area contributed by atoms with Crippen molar-refractivity contribution in [3.63, 3.8) is 0 Å². The zero-order valence-corrected chi connectivity index (χ0v) is 16.5. The Balaban J connectivity index is 1.66. The Kier molecular flexibility index (Phi) is 3.80. The van der Waals surface area contributed by atoms with E-state index in [9.17, 15) is 10.1 Å². The molecule has 0 N–H and O–H groups in total. The summed E-state index contributed by atoms with van der Waals surface area (Å²) >= 11 is 0. The van der Waals surface area contributed by atoms with Crippen LogP contribution in [0.25, 0.3) is 21.5 Å². The molecule has 0 radical (unpaired) electrons. The van der Waals surface area contributed by atoms with Crippen LogP contribution >= 0.6 is 0 Å². The second-order valence-corrected chi connectivity index (χ2v) is 7.79. The summed E-state index contributed by atoms with van der Waals surface area (Å²) in [6.07, 6.45) is 0. The van der Waals surface area contributed by atoms with Gasteiger partial charge >= 0.3 is 0 Å². The van der Waals surface area contributed by atoms with Crippen LogP contribution in [-0.4, -0.2) is 4.92 Å². The van der Waals surface area contributed by atoms with Gasteiger partial charge in [0.2, 0.25) is 0 Å². The molecule has 0 aromatic heterocycles. The summed E-state index contributed by atoms with van der Waals surface area (Å²) in [4.78, 5) is 10.8. The van der Waals surface area contributed by atoms with Crippen LogP contribution in [0.3, 0.4) is 0 Å². The zero-order chi connectivity index (χ0) is 20.9. The highest BCUT2D eigenvalue weighted by Crippen LogP contribution is 2.52. The minimum Gasteiger partial charge on any atom is -0.455 e. The molecule has 148 valence electrons. The lowest BCUT2D eigenvalue weighted by Gasteiger charge is -2.30. The number of nitro benzene ring substituents is 1. The van der Waals surface area contributed by atoms with Gasteiger partial charge in [0.05, 0.1) is 4.92 Å². The van der Waals surface area contributed by atoms with Gasteiger partial charge in [-0.25, -0.2) is 0 Å². The first kappa shape index (κ1) is 17.7. The van der Waals surface area contributed by atoms with E-state index in [1.54, 1.807) is 12.1 Å². The highest BCUT2D eigenvalue weighted by molar-refractivity contribution is 5.95. The number of hydrogen-bond acceptors (Lipinski definition) is 3. The van der Waals surface area contributed by atoms with Crippen molar-refractivity contribution in [1.82, 2.24) is 0 Å². The number of ether oxygens (including phenoxy) is 1. The van der Waals surface area contributed by atoms with Gasteiger partial charge in [0.1, 0.15) is 11.5 Å². The van der Waals surface area contributed by atoms with Gasteiger partial charge in [-0.1, -0.05) is 84.9 Å². The van der Waals surface area contributed by atoms with Crippen LogP contribution in [-0.2, 0) is 0 Å². The van der Waals surface area contributed by atoms with Gasteiger partial charge in [-0.3, -0.25) is 10.1 Å². The number of non-ortho nitro benzene ring substituents is 1. The Morgan fingerprint density at radius 3 is 1.68 bits per heavy atom. The molecule has 0 fully saturated rings. The fraction of sp³-hybridized carbons (Fsp3) is 0.0370. The van der Waals surface area contributed by atoms with Crippen molar-refractivity contribution in [3.8, 4) is 11.5 Å². The Labute approximate surface area is 178 Å². The van der Waals surface area contributed by atoms with Gasteiger partial charge in [0.25, 0.3) is 5.69 Å². The molecule has 0 atom stereocenters. The second-order valence-electron chi connectivity index (χ2n) is 7.79. The maximum Gasteiger partial charge on any atom is 0.269 e. The Hall–Kier alpha value is -4.18. The maximum absolute atomic E-state index is 11.2. The minimum atomic E-state index is -0.364. The number of hydrogen-bond donors (Lipinski definition) is 0. The first-order valence-electron chi connectivity index (χ1n) is 10.2. The first-order valence-corrected chi connectivity index (χ1v) is 10.2. The van der Waals surface area contributed by atoms with Gasteiger partial charge in [0, 0.05) is 39.9 Å². The Bertz CT molecular complexity index is 1400. The Morgan fingerprint density at radius 1 is 0.645 bits per heavy atom. The van der Waals surface area contributed by atoms with Crippen LogP contribution in [0.5, 0.6) is 11.5 Å². The van der Waals surface area contributed by atoms with E-state index in [0.29, 0.717) is 0 Å². The Morgan fingerprint density at radius 2 is 1.16 bits per heavy atom. The minimum absolute atomic E-state index is 0.0752. The molecule has 0 saturated heterocycles. The number of nitro groups is 1. The molecule has 0 unspecified atom stereocenters. The molecule has 4 heteroatoms. The molecule has 0 spiro atoms. The average molecular weight is 403 g/mol. The smallest absolute Gasteiger partial charge is 0.269 e. The van der Waals surface area contributed by atoms with Crippen molar-refractivity contribution < 1.29 is 9.66 Å². The standard InChI is InChI=1S/C27H17NO3/c29-28(30)20-13-9-19(10-14-20)25-23-15-11-17-5-1-3-7-21(17)26(23)31-27-22-8-4-2-6-18(22)12-16-24(25)27/h1-16,25H. The van der Waals surface area contributed by atoms with Crippen LogP contribution < -0.4 is 4.74 Å². The van der Waals surface area contributed by atoms with Gasteiger partial charge in [-0.15, -0.1) is 0 Å². The summed E-state index contributed by atoms with van der Waals surface area (Å²) in [6.45, 7) is 0. The lowest BCUT2D eigenvalue weighted by molar-refractivity contribution is -0.384. The first-order chi connectivity index (χ1) is 15.2. The average Bonchev–Trinajstić information content (AvgIpc) is 2.82. The second kappa shape index (κ2) is 6.67. The van der Waals surface area contributed by atoms with Gasteiger partial charge in [-0.2, -0.15) is 0 Å². The molecule has 1 aliphatic rings. The van der Waals surface area contributed by atoms with Crippen molar-refractivity contribution in [1.29, 1.82) is 0 Å². The van der Waals surface area contributed by atoms with E-state index in [-0.39, 0.29) is 16.5 Å². The summed E-state index contributed by atoms with van der Waals surface area (Å²) < 4.78 is 6.61. The number of fused-ring (bicyclic) bond motifs is 6. The molecule has 1 heterocycles. The lowest BCUT2D eigenvalue weighted by atomic mass is 9.80. The van der Waals surface area contributed by atoms with Gasteiger partial charge in [0.15, 0.2) is 0 Å². The summed E-state index contributed by atoms with van der Waals surface area (Å²) in [6, 6.07) is 31.7. The normalized spacial score (nSPS) is 12.9. The molecular weight excluding hydrogens is 386 g/mol. The molecule has 0 aliphatic carbocycles. The van der Waals surface area contributed by atoms with Crippen molar-refractivity contribution in [2.75, 3.05) is 0 Å². The zero-order valence-electron chi connectivity index (χ0n) is 16.5. The highest BCUT2D eigenvalue weighted by atomic mass is 16.6. The monoisotopic (exact) mass is 403 g/mol. The lowest BCUT2D eigenvalue weighted by Crippen LogP contribution is -2.12. The fourth-order valence-corrected chi connectivity index (χ4v) is 4.62. The van der Waals surface area contributed by atoms with Crippen LogP contribution in [0.4, 0.5) is 5.69 Å². The SMILES string of the molecule is O=[N+]([O-])c1ccc(C2c3ccc4ccccc4c3Oc3c2ccc2ccccc32)cc1. The van der Waals surface area contributed by atoms with Crippen molar-refractivity contribution >= 4 is 27.2 Å². The molecule has 0 amide bonds. The molecule has 0 bridgehead atoms. The van der Waals surface area contributed by atoms with E-state index in [1.807, 2.05) is 36.4 Å². The van der Waals surface area contributed by atoms with E-state index in [1.165, 1.54) is 0 Å². The molecule has 6 rings (SSSR count). The maximum atomic E-state index is 11.2. The predicted molar refractivity (Wildman–Crippen MR) is 122 cm³/mol. The summed E-state index contributed by atoms with van der Waals surface area (Å²) in [5.41, 5.74) is 3.22. The van der Waals surface area contributed by atoms with E-state index < -0.39 is 0 Å². The predicted octanol–water partition coefficient (Wildman–Crippen LogP) is 7.19. The quantitative estimate of drug-likeness (QED) is 0.227. The summed E-state index contributed by atoms with van der Waals surface area (Å²) in [7, 11) is 0. The van der Waals surface area contributed by atoms with Gasteiger partial charge < -0.3 is 4.74 Å². The van der Waals surface area contributed by atoms with Gasteiger partial charge in [-0.05, 0) is 16.3 Å². The molecule has 5 aromatic carbocycles. The van der Waals surface area contributed by atoms with E-state index >= 15 is 0 Å². The van der Waals surface area contributed by atoms with E-state index in [4.69, 9.17) is 4.74 Å². The summed E-state index contributed by atoms with van der Waals surface area (Å²) in [5, 5.41) is 15.5. The molecule has 0 saturated carbocycles. The highest BCUT2D eigenvalue weighted by Gasteiger charge is 2.31. The van der Waals surface area contributed by atoms with E-state index in [0.717, 1.165) is 49.7 Å². The van der Waals surface area contributed by atoms with Crippen molar-refractivity contribution in [2.24, 2.45) is 0 Å². The third-order valence-corrected chi connectivity index (χ3v) is 6.08. The van der Waals surface area contributed by atoms with Crippen molar-refractivity contribution in [2.45, 2.75) is 5.92 Å². The molecule has 31 heavy (non-hydrogen) atoms. The number of benzene rings is 5. The van der Waals surface area contributed by atoms with Crippen LogP contribution in [0.2, 0.25) is 0 Å². The number of nitrogens with zero attached hydrogens (tertiary/aromatic N) is 1. The molecule has 5 aromatic rings. The topological polar surface area (TPSA) is 52.4 Å². The van der Waals surface area contributed by atoms with Crippen LogP contribution in [0.1, 0.15) is 22.6 Å². The van der Waals surface area contributed by atoms with Crippen LogP contribution in [0.15, 0.2) is 97.1 Å². The number of rotatable bonds is 2. The van der Waals surface area contributed by atoms with Crippen LogP contribution in [0, 0.1) is 10.1 Å².